The molecule has 16 heavy (non-hydrogen) atoms. The van der Waals surface area contributed by atoms with Gasteiger partial charge in [0.25, 0.3) is 0 Å². The second-order valence-electron chi connectivity index (χ2n) is 3.27. The van der Waals surface area contributed by atoms with Gasteiger partial charge in [0.1, 0.15) is 0 Å². The zero-order chi connectivity index (χ0) is 12.0. The van der Waals surface area contributed by atoms with Crippen LogP contribution in [0, 0.1) is 0 Å². The first kappa shape index (κ1) is 12.7. The molecular weight excluding hydrogens is 230 g/mol. The predicted molar refractivity (Wildman–Crippen MR) is 59.3 cm³/mol. The highest BCUT2D eigenvalue weighted by Gasteiger charge is 2.11. The molecule has 0 saturated heterocycles. The van der Waals surface area contributed by atoms with E-state index in [1.165, 1.54) is 0 Å². The number of benzene rings is 1. The molecule has 88 valence electrons. The molecule has 0 spiro atoms. The Morgan fingerprint density at radius 3 is 2.44 bits per heavy atom. The lowest BCUT2D eigenvalue weighted by atomic mass is 10.2. The summed E-state index contributed by atoms with van der Waals surface area (Å²) in [7, 11) is -3.51. The number of carboxylic acid groups (broad SMARTS) is 1. The Labute approximate surface area is 94.2 Å². The van der Waals surface area contributed by atoms with Crippen LogP contribution in [0.4, 0.5) is 0 Å². The molecule has 6 heteroatoms. The zero-order valence-corrected chi connectivity index (χ0v) is 9.40. The van der Waals surface area contributed by atoms with Crippen LogP contribution < -0.4 is 4.72 Å². The summed E-state index contributed by atoms with van der Waals surface area (Å²) in [4.78, 5) is 10.2. The molecule has 0 heterocycles. The van der Waals surface area contributed by atoms with Crippen LogP contribution in [0.5, 0.6) is 0 Å². The molecule has 5 nitrogen and oxygen atoms in total. The zero-order valence-electron chi connectivity index (χ0n) is 8.59. The molecule has 2 N–H and O–H groups in total. The summed E-state index contributed by atoms with van der Waals surface area (Å²) in [5.41, 5.74) is 0.835. The van der Waals surface area contributed by atoms with Gasteiger partial charge >= 0.3 is 5.97 Å². The molecule has 1 aromatic rings. The van der Waals surface area contributed by atoms with Crippen LogP contribution in [0.3, 0.4) is 0 Å². The summed E-state index contributed by atoms with van der Waals surface area (Å²) < 4.78 is 25.0. The number of hydrogen-bond acceptors (Lipinski definition) is 3. The van der Waals surface area contributed by atoms with E-state index in [-0.39, 0.29) is 13.0 Å². The van der Waals surface area contributed by atoms with Gasteiger partial charge in [-0.15, -0.1) is 0 Å². The average molecular weight is 243 g/mol. The van der Waals surface area contributed by atoms with Crippen molar-refractivity contribution >= 4 is 16.0 Å². The molecule has 0 saturated carbocycles. The number of hydrogen-bond donors (Lipinski definition) is 2. The van der Waals surface area contributed by atoms with E-state index in [1.54, 1.807) is 24.3 Å². The minimum absolute atomic E-state index is 0.183. The summed E-state index contributed by atoms with van der Waals surface area (Å²) in [6.45, 7) is 0.183. The largest absolute Gasteiger partial charge is 0.481 e. The lowest BCUT2D eigenvalue weighted by Crippen LogP contribution is -2.27. The molecule has 0 fully saturated rings. The Morgan fingerprint density at radius 1 is 1.25 bits per heavy atom. The summed E-state index contributed by atoms with van der Waals surface area (Å²) in [5, 5.41) is 8.37. The normalized spacial score (nSPS) is 11.2. The van der Waals surface area contributed by atoms with Gasteiger partial charge < -0.3 is 5.11 Å². The van der Waals surface area contributed by atoms with Crippen molar-refractivity contribution in [3.63, 3.8) is 0 Å². The van der Waals surface area contributed by atoms with E-state index in [4.69, 9.17) is 5.11 Å². The van der Waals surface area contributed by atoms with Gasteiger partial charge in [0.05, 0.1) is 12.2 Å². The third-order valence-electron chi connectivity index (χ3n) is 1.92. The Hall–Kier alpha value is -1.40. The van der Waals surface area contributed by atoms with Crippen molar-refractivity contribution in [3.05, 3.63) is 35.9 Å². The molecule has 0 unspecified atom stereocenters. The van der Waals surface area contributed by atoms with Gasteiger partial charge in [-0.1, -0.05) is 30.3 Å². The number of sulfonamides is 1. The highest BCUT2D eigenvalue weighted by atomic mass is 32.2. The third kappa shape index (κ3) is 4.90. The van der Waals surface area contributed by atoms with Gasteiger partial charge in [-0.05, 0) is 5.56 Å². The van der Waals surface area contributed by atoms with Gasteiger partial charge in [-0.25, -0.2) is 13.1 Å². The highest BCUT2D eigenvalue weighted by Crippen LogP contribution is 1.99. The van der Waals surface area contributed by atoms with Gasteiger partial charge in [0.2, 0.25) is 10.0 Å². The number of rotatable bonds is 6. The molecule has 0 aliphatic rings. The predicted octanol–water partition coefficient (Wildman–Crippen LogP) is 0.581. The fourth-order valence-electron chi connectivity index (χ4n) is 1.08. The van der Waals surface area contributed by atoms with Crippen LogP contribution in [0.15, 0.2) is 30.3 Å². The molecule has 0 atom stereocenters. The maximum absolute atomic E-state index is 11.3. The molecule has 1 rings (SSSR count). The summed E-state index contributed by atoms with van der Waals surface area (Å²) in [6.07, 6.45) is -0.385. The van der Waals surface area contributed by atoms with Gasteiger partial charge in [-0.3, -0.25) is 4.79 Å². The first-order valence-electron chi connectivity index (χ1n) is 4.73. The van der Waals surface area contributed by atoms with Crippen LogP contribution in [0.1, 0.15) is 12.0 Å². The van der Waals surface area contributed by atoms with E-state index in [1.807, 2.05) is 6.07 Å². The molecular formula is C10H13NO4S. The van der Waals surface area contributed by atoms with Crippen LogP contribution >= 0.6 is 0 Å². The van der Waals surface area contributed by atoms with Gasteiger partial charge in [0.15, 0.2) is 0 Å². The van der Waals surface area contributed by atoms with Gasteiger partial charge in [0, 0.05) is 6.54 Å². The van der Waals surface area contributed by atoms with E-state index >= 15 is 0 Å². The second-order valence-corrected chi connectivity index (χ2v) is 5.20. The highest BCUT2D eigenvalue weighted by molar-refractivity contribution is 7.89. The Bertz CT molecular complexity index is 441. The molecule has 0 bridgehead atoms. The van der Waals surface area contributed by atoms with E-state index in [2.05, 4.69) is 4.72 Å². The fraction of sp³-hybridized carbons (Fsp3) is 0.300. The second kappa shape index (κ2) is 5.62. The van der Waals surface area contributed by atoms with Crippen LogP contribution in [-0.2, 0) is 21.4 Å². The topological polar surface area (TPSA) is 83.5 Å². The van der Waals surface area contributed by atoms with E-state index in [0.29, 0.717) is 0 Å². The van der Waals surface area contributed by atoms with Crippen molar-refractivity contribution in [1.29, 1.82) is 0 Å². The SMILES string of the molecule is O=C(O)CCS(=O)(=O)NCc1ccccc1. The Morgan fingerprint density at radius 2 is 1.88 bits per heavy atom. The quantitative estimate of drug-likeness (QED) is 0.765. The molecule has 0 aromatic heterocycles. The minimum atomic E-state index is -3.51. The lowest BCUT2D eigenvalue weighted by Gasteiger charge is -2.05. The number of carbonyl (C=O) groups is 1. The number of aliphatic carboxylic acids is 1. The van der Waals surface area contributed by atoms with Crippen molar-refractivity contribution in [2.24, 2.45) is 0 Å². The maximum atomic E-state index is 11.3. The Balaban J connectivity index is 2.45. The summed E-state index contributed by atoms with van der Waals surface area (Å²) >= 11 is 0. The van der Waals surface area contributed by atoms with Crippen LogP contribution in [0.2, 0.25) is 0 Å². The molecule has 0 amide bonds. The van der Waals surface area contributed by atoms with Crippen LogP contribution in [-0.4, -0.2) is 25.2 Å². The van der Waals surface area contributed by atoms with E-state index in [0.717, 1.165) is 5.56 Å². The van der Waals surface area contributed by atoms with Crippen molar-refractivity contribution in [1.82, 2.24) is 4.72 Å². The maximum Gasteiger partial charge on any atom is 0.304 e. The standard InChI is InChI=1S/C10H13NO4S/c12-10(13)6-7-16(14,15)11-8-9-4-2-1-3-5-9/h1-5,11H,6-8H2,(H,12,13). The van der Waals surface area contributed by atoms with Crippen LogP contribution in [0.25, 0.3) is 0 Å². The van der Waals surface area contributed by atoms with Gasteiger partial charge in [-0.2, -0.15) is 0 Å². The van der Waals surface area contributed by atoms with Crippen molar-refractivity contribution in [2.45, 2.75) is 13.0 Å². The first-order valence-corrected chi connectivity index (χ1v) is 6.38. The summed E-state index contributed by atoms with van der Waals surface area (Å²) in [5.74, 6) is -1.51. The summed E-state index contributed by atoms with van der Waals surface area (Å²) in [6, 6.07) is 9.03. The average Bonchev–Trinajstić information content (AvgIpc) is 2.26. The molecule has 0 aliphatic heterocycles. The lowest BCUT2D eigenvalue weighted by molar-refractivity contribution is -0.136. The van der Waals surface area contributed by atoms with E-state index < -0.39 is 21.7 Å². The Kier molecular flexibility index (Phi) is 4.45. The molecule has 1 aromatic carbocycles. The van der Waals surface area contributed by atoms with Crippen molar-refractivity contribution < 1.29 is 18.3 Å². The minimum Gasteiger partial charge on any atom is -0.481 e. The molecule has 0 radical (unpaired) electrons. The van der Waals surface area contributed by atoms with Crippen molar-refractivity contribution in [3.8, 4) is 0 Å². The monoisotopic (exact) mass is 243 g/mol. The first-order chi connectivity index (χ1) is 7.49. The van der Waals surface area contributed by atoms with Crippen molar-refractivity contribution in [2.75, 3.05) is 5.75 Å². The molecule has 0 aliphatic carbocycles. The third-order valence-corrected chi connectivity index (χ3v) is 3.25. The number of nitrogens with one attached hydrogen (secondary N) is 1. The smallest absolute Gasteiger partial charge is 0.304 e. The van der Waals surface area contributed by atoms with E-state index in [9.17, 15) is 13.2 Å². The fourth-order valence-corrected chi connectivity index (χ4v) is 2.06. The number of carboxylic acids is 1.